The summed E-state index contributed by atoms with van der Waals surface area (Å²) < 4.78 is 54.4. The lowest BCUT2D eigenvalue weighted by atomic mass is 10.2. The van der Waals surface area contributed by atoms with Crippen molar-refractivity contribution < 1.29 is 22.4 Å². The molecule has 2 aromatic heterocycles. The van der Waals surface area contributed by atoms with Crippen LogP contribution in [-0.4, -0.2) is 25.7 Å². The molecule has 0 unspecified atom stereocenters. The zero-order chi connectivity index (χ0) is 22.0. The van der Waals surface area contributed by atoms with E-state index in [0.717, 1.165) is 21.5 Å². The van der Waals surface area contributed by atoms with E-state index in [1.807, 2.05) is 0 Å². The molecule has 0 radical (unpaired) electrons. The molecule has 1 N–H and O–H groups in total. The highest BCUT2D eigenvalue weighted by Crippen LogP contribution is 2.32. The van der Waals surface area contributed by atoms with Gasteiger partial charge in [-0.15, -0.1) is 10.2 Å². The van der Waals surface area contributed by atoms with Crippen LogP contribution >= 0.6 is 23.1 Å². The van der Waals surface area contributed by atoms with Gasteiger partial charge in [-0.05, 0) is 29.8 Å². The van der Waals surface area contributed by atoms with E-state index < -0.39 is 24.5 Å². The van der Waals surface area contributed by atoms with Gasteiger partial charge < -0.3 is 4.57 Å². The Morgan fingerprint density at radius 1 is 1.10 bits per heavy atom. The summed E-state index contributed by atoms with van der Waals surface area (Å²) in [6.45, 7) is -0.576. The fourth-order valence-electron chi connectivity index (χ4n) is 2.80. The van der Waals surface area contributed by atoms with Crippen LogP contribution in [0, 0.1) is 5.82 Å². The fraction of sp³-hybridized carbons (Fsp3) is 0.158. The molecule has 2 aromatic carbocycles. The van der Waals surface area contributed by atoms with Gasteiger partial charge in [-0.25, -0.2) is 9.37 Å². The average Bonchev–Trinajstić information content (AvgIpc) is 3.32. The van der Waals surface area contributed by atoms with E-state index >= 15 is 0 Å². The highest BCUT2D eigenvalue weighted by Gasteiger charge is 2.38. The third kappa shape index (κ3) is 5.02. The molecular formula is C19H13F4N5OS2. The van der Waals surface area contributed by atoms with Crippen molar-refractivity contribution in [1.82, 2.24) is 19.7 Å². The Kier molecular flexibility index (Phi) is 5.92. The molecule has 6 nitrogen and oxygen atoms in total. The minimum Gasteiger partial charge on any atom is -0.311 e. The second-order valence-electron chi connectivity index (χ2n) is 6.34. The zero-order valence-corrected chi connectivity index (χ0v) is 17.2. The van der Waals surface area contributed by atoms with Crippen LogP contribution in [0.2, 0.25) is 0 Å². The number of nitrogens with zero attached hydrogens (tertiary/aromatic N) is 4. The third-order valence-corrected chi connectivity index (χ3v) is 6.18. The number of halogens is 4. The quantitative estimate of drug-likeness (QED) is 0.246. The third-order valence-electron chi connectivity index (χ3n) is 4.14. The van der Waals surface area contributed by atoms with Crippen molar-refractivity contribution >= 4 is 45.2 Å². The van der Waals surface area contributed by atoms with Gasteiger partial charge in [0.15, 0.2) is 4.34 Å². The van der Waals surface area contributed by atoms with E-state index in [-0.39, 0.29) is 22.0 Å². The first-order valence-corrected chi connectivity index (χ1v) is 10.6. The number of aromatic nitrogens is 4. The predicted octanol–water partition coefficient (Wildman–Crippen LogP) is 4.98. The Morgan fingerprint density at radius 2 is 1.84 bits per heavy atom. The lowest BCUT2D eigenvalue weighted by Gasteiger charge is -2.10. The number of alkyl halides is 3. The van der Waals surface area contributed by atoms with Crippen LogP contribution < -0.4 is 5.32 Å². The predicted molar refractivity (Wildman–Crippen MR) is 109 cm³/mol. The number of anilines is 1. The van der Waals surface area contributed by atoms with Gasteiger partial charge in [-0.2, -0.15) is 13.2 Å². The molecule has 0 saturated heterocycles. The van der Waals surface area contributed by atoms with E-state index in [2.05, 4.69) is 20.5 Å². The van der Waals surface area contributed by atoms with Crippen molar-refractivity contribution in [2.75, 3.05) is 5.32 Å². The average molecular weight is 467 g/mol. The van der Waals surface area contributed by atoms with Gasteiger partial charge in [0.2, 0.25) is 16.9 Å². The van der Waals surface area contributed by atoms with Crippen LogP contribution in [-0.2, 0) is 23.3 Å². The lowest BCUT2D eigenvalue weighted by molar-refractivity contribution is -0.147. The molecule has 12 heteroatoms. The molecule has 0 saturated carbocycles. The summed E-state index contributed by atoms with van der Waals surface area (Å²) >= 11 is 2.44. The monoisotopic (exact) mass is 467 g/mol. The second-order valence-corrected chi connectivity index (χ2v) is 8.54. The Hall–Kier alpha value is -2.99. The van der Waals surface area contributed by atoms with Crippen molar-refractivity contribution in [3.8, 4) is 0 Å². The van der Waals surface area contributed by atoms with E-state index in [1.54, 1.807) is 24.3 Å². The molecule has 31 heavy (non-hydrogen) atoms. The number of benzene rings is 2. The molecule has 4 aromatic rings. The first-order valence-electron chi connectivity index (χ1n) is 8.82. The lowest BCUT2D eigenvalue weighted by Crippen LogP contribution is -2.23. The molecule has 0 bridgehead atoms. The topological polar surface area (TPSA) is 72.7 Å². The number of thioether (sulfide) groups is 1. The van der Waals surface area contributed by atoms with Gasteiger partial charge in [-0.1, -0.05) is 47.4 Å². The first kappa shape index (κ1) is 21.2. The van der Waals surface area contributed by atoms with E-state index in [9.17, 15) is 22.4 Å². The summed E-state index contributed by atoms with van der Waals surface area (Å²) in [6, 6.07) is 12.1. The van der Waals surface area contributed by atoms with Crippen molar-refractivity contribution in [1.29, 1.82) is 0 Å². The normalized spacial score (nSPS) is 11.7. The summed E-state index contributed by atoms with van der Waals surface area (Å²) in [4.78, 5) is 16.0. The summed E-state index contributed by atoms with van der Waals surface area (Å²) in [7, 11) is 0. The molecule has 1 amide bonds. The van der Waals surface area contributed by atoms with Gasteiger partial charge in [0.25, 0.3) is 0 Å². The minimum atomic E-state index is -4.70. The number of nitrogens with one attached hydrogen (secondary N) is 1. The standard InChI is InChI=1S/C19H13F4N5OS2/c20-12-7-5-11(6-8-12)10-30-18-27-26-17(31-18)25-15(29)9-28-14-4-2-1-3-13(14)24-16(28)19(21,22)23/h1-8H,9-10H2,(H,25,26,29). The van der Waals surface area contributed by atoms with Crippen LogP contribution in [0.15, 0.2) is 52.9 Å². The number of rotatable bonds is 6. The van der Waals surface area contributed by atoms with E-state index in [1.165, 1.54) is 36.0 Å². The van der Waals surface area contributed by atoms with Crippen LogP contribution in [0.25, 0.3) is 11.0 Å². The van der Waals surface area contributed by atoms with Crippen molar-refractivity contribution in [3.05, 3.63) is 65.7 Å². The number of hydrogen-bond acceptors (Lipinski definition) is 6. The molecule has 0 fully saturated rings. The molecule has 0 spiro atoms. The molecule has 2 heterocycles. The number of imidazole rings is 1. The summed E-state index contributed by atoms with van der Waals surface area (Å²) in [5.74, 6) is -1.62. The van der Waals surface area contributed by atoms with Crippen molar-refractivity contribution in [2.24, 2.45) is 0 Å². The molecule has 0 aliphatic carbocycles. The smallest absolute Gasteiger partial charge is 0.311 e. The van der Waals surface area contributed by atoms with Gasteiger partial charge in [0.05, 0.1) is 11.0 Å². The van der Waals surface area contributed by atoms with E-state index in [0.29, 0.717) is 10.1 Å². The molecule has 160 valence electrons. The summed E-state index contributed by atoms with van der Waals surface area (Å²) in [5.41, 5.74) is 1.25. The number of fused-ring (bicyclic) bond motifs is 1. The molecule has 0 atom stereocenters. The highest BCUT2D eigenvalue weighted by molar-refractivity contribution is 8.00. The van der Waals surface area contributed by atoms with Crippen molar-refractivity contribution in [3.63, 3.8) is 0 Å². The SMILES string of the molecule is O=C(Cn1c(C(F)(F)F)nc2ccccc21)Nc1nnc(SCc2ccc(F)cc2)s1. The van der Waals surface area contributed by atoms with Crippen LogP contribution in [0.3, 0.4) is 0 Å². The maximum Gasteiger partial charge on any atom is 0.449 e. The fourth-order valence-corrected chi connectivity index (χ4v) is 4.52. The Balaban J connectivity index is 1.43. The number of para-hydroxylation sites is 2. The number of amides is 1. The Bertz CT molecular complexity index is 1220. The Morgan fingerprint density at radius 3 is 2.58 bits per heavy atom. The number of hydrogen-bond donors (Lipinski definition) is 1. The highest BCUT2D eigenvalue weighted by atomic mass is 32.2. The summed E-state index contributed by atoms with van der Waals surface area (Å²) in [5, 5.41) is 10.5. The first-order chi connectivity index (χ1) is 14.8. The van der Waals surface area contributed by atoms with Crippen molar-refractivity contribution in [2.45, 2.75) is 22.8 Å². The maximum absolute atomic E-state index is 13.4. The summed E-state index contributed by atoms with van der Waals surface area (Å²) in [6.07, 6.45) is -4.70. The second kappa shape index (κ2) is 8.63. The van der Waals surface area contributed by atoms with Gasteiger partial charge in [-0.3, -0.25) is 10.1 Å². The van der Waals surface area contributed by atoms with Gasteiger partial charge in [0, 0.05) is 5.75 Å². The van der Waals surface area contributed by atoms with Gasteiger partial charge >= 0.3 is 6.18 Å². The minimum absolute atomic E-state index is 0.151. The molecule has 0 aliphatic rings. The maximum atomic E-state index is 13.4. The van der Waals surface area contributed by atoms with Gasteiger partial charge in [0.1, 0.15) is 12.4 Å². The van der Waals surface area contributed by atoms with Crippen LogP contribution in [0.5, 0.6) is 0 Å². The van der Waals surface area contributed by atoms with Crippen LogP contribution in [0.1, 0.15) is 11.4 Å². The molecule has 4 rings (SSSR count). The molecular weight excluding hydrogens is 454 g/mol. The zero-order valence-electron chi connectivity index (χ0n) is 15.6. The van der Waals surface area contributed by atoms with E-state index in [4.69, 9.17) is 0 Å². The number of carbonyl (C=O) groups is 1. The number of carbonyl (C=O) groups excluding carboxylic acids is 1. The largest absolute Gasteiger partial charge is 0.449 e. The van der Waals surface area contributed by atoms with Crippen LogP contribution in [0.4, 0.5) is 22.7 Å². The Labute approximate surface area is 181 Å². The molecule has 0 aliphatic heterocycles.